The summed E-state index contributed by atoms with van der Waals surface area (Å²) in [6.07, 6.45) is 1.27. The van der Waals surface area contributed by atoms with Crippen LogP contribution < -0.4 is 5.32 Å². The second-order valence-corrected chi connectivity index (χ2v) is 8.93. The molecule has 0 aliphatic heterocycles. The van der Waals surface area contributed by atoms with E-state index >= 15 is 0 Å². The molecule has 3 rings (SSSR count). The molecule has 0 unspecified atom stereocenters. The van der Waals surface area contributed by atoms with E-state index in [-0.39, 0.29) is 40.5 Å². The van der Waals surface area contributed by atoms with Crippen molar-refractivity contribution in [3.63, 3.8) is 0 Å². The quantitative estimate of drug-likeness (QED) is 0.583. The van der Waals surface area contributed by atoms with Crippen LogP contribution in [-0.4, -0.2) is 36.5 Å². The summed E-state index contributed by atoms with van der Waals surface area (Å²) in [7, 11) is -3.48. The second-order valence-electron chi connectivity index (χ2n) is 5.78. The van der Waals surface area contributed by atoms with Gasteiger partial charge in [-0.1, -0.05) is 17.2 Å². The molecule has 146 valence electrons. The van der Waals surface area contributed by atoms with Crippen LogP contribution in [-0.2, 0) is 14.6 Å². The molecule has 0 aliphatic rings. The molecule has 0 bridgehead atoms. The van der Waals surface area contributed by atoms with Crippen molar-refractivity contribution in [1.82, 2.24) is 10.2 Å². The number of carbonyl (C=O) groups excluding carboxylic acids is 1. The molecular formula is C18H16FN3O4S2. The minimum Gasteiger partial charge on any atom is -0.403 e. The van der Waals surface area contributed by atoms with E-state index in [1.165, 1.54) is 30.0 Å². The van der Waals surface area contributed by atoms with Crippen molar-refractivity contribution in [1.29, 1.82) is 0 Å². The Balaban J connectivity index is 1.60. The van der Waals surface area contributed by atoms with E-state index in [1.807, 2.05) is 0 Å². The Labute approximate surface area is 165 Å². The molecule has 0 aliphatic carbocycles. The predicted molar refractivity (Wildman–Crippen MR) is 103 cm³/mol. The predicted octanol–water partition coefficient (Wildman–Crippen LogP) is 3.40. The van der Waals surface area contributed by atoms with E-state index in [1.54, 1.807) is 30.3 Å². The lowest BCUT2D eigenvalue weighted by Crippen LogP contribution is -2.12. The Kier molecular flexibility index (Phi) is 6.10. The zero-order valence-electron chi connectivity index (χ0n) is 14.8. The van der Waals surface area contributed by atoms with Crippen LogP contribution in [0, 0.1) is 5.82 Å². The van der Waals surface area contributed by atoms with E-state index in [0.717, 1.165) is 11.2 Å². The average Bonchev–Trinajstić information content (AvgIpc) is 3.11. The van der Waals surface area contributed by atoms with Crippen LogP contribution in [0.1, 0.15) is 6.42 Å². The fourth-order valence-electron chi connectivity index (χ4n) is 2.32. The third-order valence-corrected chi connectivity index (χ3v) is 5.77. The normalized spacial score (nSPS) is 11.4. The van der Waals surface area contributed by atoms with Gasteiger partial charge < -0.3 is 4.42 Å². The van der Waals surface area contributed by atoms with Crippen LogP contribution >= 0.6 is 11.8 Å². The van der Waals surface area contributed by atoms with Crippen molar-refractivity contribution in [3.05, 3.63) is 54.3 Å². The first kappa shape index (κ1) is 20.0. The van der Waals surface area contributed by atoms with Gasteiger partial charge in [0.1, 0.15) is 5.82 Å². The van der Waals surface area contributed by atoms with Gasteiger partial charge in [-0.2, -0.15) is 0 Å². The number of thioether (sulfide) groups is 1. The number of benzene rings is 2. The number of rotatable bonds is 7. The fourth-order valence-corrected chi connectivity index (χ4v) is 4.06. The van der Waals surface area contributed by atoms with Crippen molar-refractivity contribution >= 4 is 33.5 Å². The fraction of sp³-hybridized carbons (Fsp3) is 0.167. The number of halogens is 1. The van der Waals surface area contributed by atoms with E-state index < -0.39 is 9.84 Å². The highest BCUT2D eigenvalue weighted by atomic mass is 32.2. The summed E-state index contributed by atoms with van der Waals surface area (Å²) in [5.41, 5.74) is 0.268. The summed E-state index contributed by atoms with van der Waals surface area (Å²) >= 11 is 1.41. The van der Waals surface area contributed by atoms with E-state index in [0.29, 0.717) is 5.75 Å². The van der Waals surface area contributed by atoms with Gasteiger partial charge in [0.25, 0.3) is 5.89 Å². The first-order chi connectivity index (χ1) is 13.3. The van der Waals surface area contributed by atoms with Gasteiger partial charge in [-0.15, -0.1) is 16.9 Å². The molecule has 7 nitrogen and oxygen atoms in total. The number of sulfone groups is 1. The number of nitrogens with zero attached hydrogens (tertiary/aromatic N) is 2. The third-order valence-electron chi connectivity index (χ3n) is 3.60. The van der Waals surface area contributed by atoms with Gasteiger partial charge in [0.15, 0.2) is 9.84 Å². The Bertz CT molecular complexity index is 1080. The molecule has 0 fully saturated rings. The Morgan fingerprint density at radius 3 is 2.57 bits per heavy atom. The van der Waals surface area contributed by atoms with Gasteiger partial charge in [-0.05, 0) is 36.4 Å². The highest BCUT2D eigenvalue weighted by Crippen LogP contribution is 2.27. The maximum atomic E-state index is 12.9. The molecule has 0 radical (unpaired) electrons. The van der Waals surface area contributed by atoms with Gasteiger partial charge in [0, 0.05) is 23.3 Å². The standard InChI is InChI=1S/C18H16FN3O4S2/c1-28(24,25)15-5-3-2-4-14(15)17-21-22-18(26-17)20-16(23)10-11-27-13-8-6-12(19)7-9-13/h2-9H,10-11H2,1H3,(H,20,22,23). The molecule has 1 heterocycles. The number of anilines is 1. The highest BCUT2D eigenvalue weighted by Gasteiger charge is 2.19. The number of aromatic nitrogens is 2. The zero-order valence-corrected chi connectivity index (χ0v) is 16.4. The molecule has 2 aromatic carbocycles. The molecule has 0 spiro atoms. The lowest BCUT2D eigenvalue weighted by atomic mass is 10.2. The van der Waals surface area contributed by atoms with Gasteiger partial charge in [-0.3, -0.25) is 10.1 Å². The van der Waals surface area contributed by atoms with E-state index in [2.05, 4.69) is 15.5 Å². The largest absolute Gasteiger partial charge is 0.403 e. The molecule has 1 amide bonds. The first-order valence-electron chi connectivity index (χ1n) is 8.14. The number of hydrogen-bond donors (Lipinski definition) is 1. The molecule has 28 heavy (non-hydrogen) atoms. The van der Waals surface area contributed by atoms with Gasteiger partial charge >= 0.3 is 6.01 Å². The number of amides is 1. The van der Waals surface area contributed by atoms with Crippen LogP contribution in [0.5, 0.6) is 0 Å². The van der Waals surface area contributed by atoms with Gasteiger partial charge in [0.2, 0.25) is 5.91 Å². The van der Waals surface area contributed by atoms with E-state index in [9.17, 15) is 17.6 Å². The van der Waals surface area contributed by atoms with Crippen molar-refractivity contribution in [2.45, 2.75) is 16.2 Å². The lowest BCUT2D eigenvalue weighted by molar-refractivity contribution is -0.115. The highest BCUT2D eigenvalue weighted by molar-refractivity contribution is 7.99. The smallest absolute Gasteiger partial charge is 0.322 e. The molecule has 10 heteroatoms. The molecule has 0 saturated carbocycles. The lowest BCUT2D eigenvalue weighted by Gasteiger charge is -2.03. The van der Waals surface area contributed by atoms with Crippen LogP contribution in [0.15, 0.2) is 62.7 Å². The minimum absolute atomic E-state index is 0.00277. The van der Waals surface area contributed by atoms with Gasteiger partial charge in [0.05, 0.1) is 10.5 Å². The topological polar surface area (TPSA) is 102 Å². The number of hydrogen-bond acceptors (Lipinski definition) is 7. The summed E-state index contributed by atoms with van der Waals surface area (Å²) in [4.78, 5) is 12.9. The first-order valence-corrected chi connectivity index (χ1v) is 11.0. The summed E-state index contributed by atoms with van der Waals surface area (Å²) in [6, 6.07) is 12.1. The summed E-state index contributed by atoms with van der Waals surface area (Å²) in [6.45, 7) is 0. The van der Waals surface area contributed by atoms with Crippen LogP contribution in [0.3, 0.4) is 0 Å². The third kappa shape index (κ3) is 5.17. The molecular weight excluding hydrogens is 405 g/mol. The van der Waals surface area contributed by atoms with E-state index in [4.69, 9.17) is 4.42 Å². The van der Waals surface area contributed by atoms with Crippen LogP contribution in [0.25, 0.3) is 11.5 Å². The van der Waals surface area contributed by atoms with Crippen molar-refractivity contribution in [2.75, 3.05) is 17.3 Å². The maximum Gasteiger partial charge on any atom is 0.322 e. The molecule has 0 saturated heterocycles. The zero-order chi connectivity index (χ0) is 20.1. The number of nitrogens with one attached hydrogen (secondary N) is 1. The van der Waals surface area contributed by atoms with Crippen molar-refractivity contribution < 1.29 is 22.0 Å². The molecule has 1 aromatic heterocycles. The second kappa shape index (κ2) is 8.53. The Morgan fingerprint density at radius 1 is 1.14 bits per heavy atom. The maximum absolute atomic E-state index is 12.9. The summed E-state index contributed by atoms with van der Waals surface area (Å²) < 4.78 is 42.0. The minimum atomic E-state index is -3.48. The van der Waals surface area contributed by atoms with Crippen LogP contribution in [0.4, 0.5) is 10.4 Å². The molecule has 0 atom stereocenters. The van der Waals surface area contributed by atoms with Crippen molar-refractivity contribution in [3.8, 4) is 11.5 Å². The summed E-state index contributed by atoms with van der Waals surface area (Å²) in [5.74, 6) is -0.167. The monoisotopic (exact) mass is 421 g/mol. The van der Waals surface area contributed by atoms with Crippen molar-refractivity contribution in [2.24, 2.45) is 0 Å². The Morgan fingerprint density at radius 2 is 1.86 bits per heavy atom. The number of carbonyl (C=O) groups is 1. The average molecular weight is 421 g/mol. The molecule has 1 N–H and O–H groups in total. The Hall–Kier alpha value is -2.72. The van der Waals surface area contributed by atoms with Gasteiger partial charge in [-0.25, -0.2) is 12.8 Å². The SMILES string of the molecule is CS(=O)(=O)c1ccccc1-c1nnc(NC(=O)CCSc2ccc(F)cc2)o1. The molecule has 3 aromatic rings. The van der Waals surface area contributed by atoms with Crippen LogP contribution in [0.2, 0.25) is 0 Å². The summed E-state index contributed by atoms with van der Waals surface area (Å²) in [5, 5.41) is 10.0.